The summed E-state index contributed by atoms with van der Waals surface area (Å²) in [6, 6.07) is 17.7. The van der Waals surface area contributed by atoms with Gasteiger partial charge in [0.15, 0.2) is 0 Å². The molecule has 2 aromatic carbocycles. The third-order valence-corrected chi connectivity index (χ3v) is 4.58. The lowest BCUT2D eigenvalue weighted by Crippen LogP contribution is -2.14. The molecule has 0 unspecified atom stereocenters. The first-order chi connectivity index (χ1) is 13.0. The number of hydrogen-bond donors (Lipinski definition) is 1. The summed E-state index contributed by atoms with van der Waals surface area (Å²) in [5.41, 5.74) is 2.05. The lowest BCUT2D eigenvalue weighted by molar-refractivity contribution is -0.112. The first-order valence-corrected chi connectivity index (χ1v) is 8.77. The molecule has 1 amide bonds. The maximum Gasteiger partial charge on any atom is 0.266 e. The van der Waals surface area contributed by atoms with Gasteiger partial charge >= 0.3 is 0 Å². The minimum absolute atomic E-state index is 0.0774. The summed E-state index contributed by atoms with van der Waals surface area (Å²) >= 11 is 11.9. The number of nitrogens with one attached hydrogen (secondary N) is 1. The average Bonchev–Trinajstić information content (AvgIpc) is 3.12. The topological polar surface area (TPSA) is 66.0 Å². The number of halogens is 2. The lowest BCUT2D eigenvalue weighted by atomic mass is 10.1. The summed E-state index contributed by atoms with van der Waals surface area (Å²) in [7, 11) is 0. The lowest BCUT2D eigenvalue weighted by Gasteiger charge is -2.08. The van der Waals surface area contributed by atoms with Gasteiger partial charge in [0.2, 0.25) is 0 Å². The fourth-order valence-corrected chi connectivity index (χ4v) is 2.72. The molecule has 0 aliphatic carbocycles. The van der Waals surface area contributed by atoms with Crippen molar-refractivity contribution in [3.8, 4) is 17.4 Å². The Kier molecular flexibility index (Phi) is 5.66. The van der Waals surface area contributed by atoms with Gasteiger partial charge in [-0.25, -0.2) is 0 Å². The van der Waals surface area contributed by atoms with E-state index < -0.39 is 5.91 Å². The van der Waals surface area contributed by atoms with Gasteiger partial charge in [-0.05, 0) is 61.0 Å². The van der Waals surface area contributed by atoms with Crippen molar-refractivity contribution in [3.05, 3.63) is 81.5 Å². The number of anilines is 1. The number of amides is 1. The van der Waals surface area contributed by atoms with Gasteiger partial charge < -0.3 is 9.73 Å². The molecule has 27 heavy (non-hydrogen) atoms. The van der Waals surface area contributed by atoms with Gasteiger partial charge in [0, 0.05) is 27.4 Å². The molecule has 0 atom stereocenters. The molecule has 1 aromatic heterocycles. The molecule has 0 fully saturated rings. The number of hydrogen-bond acceptors (Lipinski definition) is 3. The molecule has 1 N–H and O–H groups in total. The van der Waals surface area contributed by atoms with Gasteiger partial charge in [-0.3, -0.25) is 4.79 Å². The quantitative estimate of drug-likeness (QED) is 0.427. The van der Waals surface area contributed by atoms with Crippen LogP contribution in [-0.2, 0) is 4.79 Å². The van der Waals surface area contributed by atoms with Crippen LogP contribution in [0.4, 0.5) is 5.69 Å². The minimum Gasteiger partial charge on any atom is -0.457 e. The van der Waals surface area contributed by atoms with E-state index in [0.29, 0.717) is 27.3 Å². The van der Waals surface area contributed by atoms with E-state index >= 15 is 0 Å². The summed E-state index contributed by atoms with van der Waals surface area (Å²) in [6.45, 7) is 1.79. The van der Waals surface area contributed by atoms with Gasteiger partial charge in [0.05, 0.1) is 0 Å². The molecule has 0 bridgehead atoms. The van der Waals surface area contributed by atoms with Crippen molar-refractivity contribution in [3.63, 3.8) is 0 Å². The van der Waals surface area contributed by atoms with Crippen LogP contribution in [0.5, 0.6) is 0 Å². The van der Waals surface area contributed by atoms with Crippen LogP contribution in [0.15, 0.2) is 64.6 Å². The number of rotatable bonds is 4. The van der Waals surface area contributed by atoms with Gasteiger partial charge in [-0.15, -0.1) is 0 Å². The number of nitriles is 1. The zero-order valence-corrected chi connectivity index (χ0v) is 15.8. The van der Waals surface area contributed by atoms with Crippen LogP contribution < -0.4 is 5.32 Å². The molecule has 0 aliphatic rings. The summed E-state index contributed by atoms with van der Waals surface area (Å²) < 4.78 is 5.71. The molecule has 6 heteroatoms. The first kappa shape index (κ1) is 18.8. The van der Waals surface area contributed by atoms with Gasteiger partial charge in [-0.2, -0.15) is 5.26 Å². The molecule has 0 spiro atoms. The molecule has 0 aliphatic heterocycles. The summed E-state index contributed by atoms with van der Waals surface area (Å²) in [5, 5.41) is 13.2. The van der Waals surface area contributed by atoms with Crippen molar-refractivity contribution in [2.75, 3.05) is 5.32 Å². The van der Waals surface area contributed by atoms with Crippen molar-refractivity contribution < 1.29 is 9.21 Å². The molecular formula is C21H14Cl2N2O2. The van der Waals surface area contributed by atoms with Crippen LogP contribution >= 0.6 is 23.2 Å². The molecule has 3 aromatic rings. The Morgan fingerprint density at radius 1 is 1.11 bits per heavy atom. The standard InChI is InChI=1S/C21H14Cl2N2O2/c1-13-18(23)3-2-4-19(13)25-21(26)15(12-24)11-17-9-10-20(27-17)14-5-7-16(22)8-6-14/h2-11H,1H3,(H,25,26)/b15-11-. The van der Waals surface area contributed by atoms with Crippen molar-refractivity contribution in [1.29, 1.82) is 5.26 Å². The Bertz CT molecular complexity index is 1060. The maximum atomic E-state index is 12.4. The smallest absolute Gasteiger partial charge is 0.266 e. The van der Waals surface area contributed by atoms with E-state index in [4.69, 9.17) is 27.6 Å². The molecular weight excluding hydrogens is 383 g/mol. The zero-order chi connectivity index (χ0) is 19.4. The number of benzene rings is 2. The minimum atomic E-state index is -0.535. The molecule has 0 saturated carbocycles. The molecule has 4 nitrogen and oxygen atoms in total. The second kappa shape index (κ2) is 8.13. The van der Waals surface area contributed by atoms with E-state index in [1.54, 1.807) is 49.4 Å². The molecule has 0 radical (unpaired) electrons. The van der Waals surface area contributed by atoms with Crippen LogP contribution in [0.3, 0.4) is 0 Å². The maximum absolute atomic E-state index is 12.4. The largest absolute Gasteiger partial charge is 0.457 e. The Morgan fingerprint density at radius 3 is 2.56 bits per heavy atom. The first-order valence-electron chi connectivity index (χ1n) is 8.02. The zero-order valence-electron chi connectivity index (χ0n) is 14.3. The second-order valence-electron chi connectivity index (χ2n) is 5.75. The normalized spacial score (nSPS) is 11.1. The number of furan rings is 1. The van der Waals surface area contributed by atoms with Gasteiger partial charge in [-0.1, -0.05) is 29.3 Å². The summed E-state index contributed by atoms with van der Waals surface area (Å²) in [5.74, 6) is 0.475. The van der Waals surface area contributed by atoms with Crippen LogP contribution in [0.2, 0.25) is 10.0 Å². The SMILES string of the molecule is Cc1c(Cl)cccc1NC(=O)/C(C#N)=C\c1ccc(-c2ccc(Cl)cc2)o1. The Balaban J connectivity index is 1.82. The predicted molar refractivity (Wildman–Crippen MR) is 108 cm³/mol. The fraction of sp³-hybridized carbons (Fsp3) is 0.0476. The number of nitrogens with zero attached hydrogens (tertiary/aromatic N) is 1. The van der Waals surface area contributed by atoms with Crippen LogP contribution in [-0.4, -0.2) is 5.91 Å². The third-order valence-electron chi connectivity index (χ3n) is 3.92. The average molecular weight is 397 g/mol. The summed E-state index contributed by atoms with van der Waals surface area (Å²) in [4.78, 5) is 12.4. The Hall–Kier alpha value is -3.00. The molecule has 1 heterocycles. The highest BCUT2D eigenvalue weighted by Crippen LogP contribution is 2.26. The molecule has 0 saturated heterocycles. The van der Waals surface area contributed by atoms with Gasteiger partial charge in [0.25, 0.3) is 5.91 Å². The van der Waals surface area contributed by atoms with E-state index in [9.17, 15) is 10.1 Å². The number of carbonyl (C=O) groups excluding carboxylic acids is 1. The van der Waals surface area contributed by atoms with E-state index in [2.05, 4.69) is 5.32 Å². The van der Waals surface area contributed by atoms with E-state index in [0.717, 1.165) is 11.1 Å². The predicted octanol–water partition coefficient (Wildman–Crippen LogP) is 6.11. The molecule has 134 valence electrons. The molecule has 3 rings (SSSR count). The van der Waals surface area contributed by atoms with Crippen molar-refractivity contribution in [1.82, 2.24) is 0 Å². The van der Waals surface area contributed by atoms with E-state index in [-0.39, 0.29) is 5.57 Å². The Labute approximate surface area is 166 Å². The van der Waals surface area contributed by atoms with E-state index in [1.165, 1.54) is 6.08 Å². The second-order valence-corrected chi connectivity index (χ2v) is 6.59. The van der Waals surface area contributed by atoms with Gasteiger partial charge in [0.1, 0.15) is 23.2 Å². The Morgan fingerprint density at radius 2 is 1.85 bits per heavy atom. The van der Waals surface area contributed by atoms with Crippen LogP contribution in [0.25, 0.3) is 17.4 Å². The highest BCUT2D eigenvalue weighted by Gasteiger charge is 2.13. The van der Waals surface area contributed by atoms with Crippen LogP contribution in [0, 0.1) is 18.3 Å². The van der Waals surface area contributed by atoms with Crippen molar-refractivity contribution >= 4 is 40.9 Å². The van der Waals surface area contributed by atoms with Crippen molar-refractivity contribution in [2.24, 2.45) is 0 Å². The monoisotopic (exact) mass is 396 g/mol. The highest BCUT2D eigenvalue weighted by molar-refractivity contribution is 6.32. The number of carbonyl (C=O) groups is 1. The highest BCUT2D eigenvalue weighted by atomic mass is 35.5. The fourth-order valence-electron chi connectivity index (χ4n) is 2.42. The third kappa shape index (κ3) is 4.40. The van der Waals surface area contributed by atoms with E-state index in [1.807, 2.05) is 18.2 Å². The summed E-state index contributed by atoms with van der Waals surface area (Å²) in [6.07, 6.45) is 1.40. The van der Waals surface area contributed by atoms with Crippen LogP contribution in [0.1, 0.15) is 11.3 Å². The van der Waals surface area contributed by atoms with Crippen molar-refractivity contribution in [2.45, 2.75) is 6.92 Å².